The number of aryl methyl sites for hydroxylation is 1. The Bertz CT molecular complexity index is 731. The molecule has 0 aliphatic heterocycles. The zero-order chi connectivity index (χ0) is 12.7. The van der Waals surface area contributed by atoms with Gasteiger partial charge < -0.3 is 10.8 Å². The van der Waals surface area contributed by atoms with E-state index >= 15 is 0 Å². The molecule has 0 amide bonds. The Labute approximate surface area is 104 Å². The number of nitrogens with two attached hydrogens (primary N) is 1. The van der Waals surface area contributed by atoms with Crippen LogP contribution in [0.25, 0.3) is 16.7 Å². The molecule has 3 aromatic rings. The van der Waals surface area contributed by atoms with Crippen LogP contribution < -0.4 is 5.73 Å². The maximum atomic E-state index is 10.0. The van der Waals surface area contributed by atoms with Crippen LogP contribution in [0.4, 0.5) is 5.95 Å². The number of anilines is 1. The predicted molar refractivity (Wildman–Crippen MR) is 71.9 cm³/mol. The van der Waals surface area contributed by atoms with E-state index in [0.717, 1.165) is 16.6 Å². The molecule has 4 heteroatoms. The number of nitrogens with zero attached hydrogens (tertiary/aromatic N) is 2. The topological polar surface area (TPSA) is 64.1 Å². The number of nitrogen functional groups attached to an aromatic ring is 1. The molecular weight excluding hydrogens is 226 g/mol. The van der Waals surface area contributed by atoms with Gasteiger partial charge in [0.25, 0.3) is 0 Å². The van der Waals surface area contributed by atoms with E-state index in [1.54, 1.807) is 10.6 Å². The molecule has 4 nitrogen and oxygen atoms in total. The molecule has 0 saturated carbocycles. The Kier molecular flexibility index (Phi) is 2.23. The van der Waals surface area contributed by atoms with Gasteiger partial charge in [0.15, 0.2) is 0 Å². The summed E-state index contributed by atoms with van der Waals surface area (Å²) in [5.41, 5.74) is 9.28. The lowest BCUT2D eigenvalue weighted by molar-refractivity contribution is 0.472. The molecule has 90 valence electrons. The van der Waals surface area contributed by atoms with Gasteiger partial charge in [-0.2, -0.15) is 0 Å². The van der Waals surface area contributed by atoms with Gasteiger partial charge in [-0.05, 0) is 36.8 Å². The standard InChI is InChI=1S/C14H13N3O/c1-9-6-7-12(13(18)8-9)17-11-5-3-2-4-10(11)16-14(17)15/h2-8,18H,1H3,(H2,15,16). The van der Waals surface area contributed by atoms with Crippen LogP contribution in [0, 0.1) is 6.92 Å². The summed E-state index contributed by atoms with van der Waals surface area (Å²) in [5.74, 6) is 0.570. The fourth-order valence-electron chi connectivity index (χ4n) is 2.12. The summed E-state index contributed by atoms with van der Waals surface area (Å²) >= 11 is 0. The molecule has 2 aromatic carbocycles. The number of rotatable bonds is 1. The smallest absolute Gasteiger partial charge is 0.206 e. The van der Waals surface area contributed by atoms with Crippen molar-refractivity contribution in [2.75, 3.05) is 5.73 Å². The molecular formula is C14H13N3O. The molecule has 0 spiro atoms. The Morgan fingerprint density at radius 1 is 1.17 bits per heavy atom. The Balaban J connectivity index is 2.34. The van der Waals surface area contributed by atoms with Crippen LogP contribution in [0.5, 0.6) is 5.75 Å². The van der Waals surface area contributed by atoms with Crippen molar-refractivity contribution in [2.24, 2.45) is 0 Å². The van der Waals surface area contributed by atoms with E-state index in [0.29, 0.717) is 11.6 Å². The van der Waals surface area contributed by atoms with Gasteiger partial charge in [0.2, 0.25) is 5.95 Å². The summed E-state index contributed by atoms with van der Waals surface area (Å²) in [6.45, 7) is 1.93. The summed E-state index contributed by atoms with van der Waals surface area (Å²) in [5, 5.41) is 10.0. The van der Waals surface area contributed by atoms with Gasteiger partial charge in [0.05, 0.1) is 16.7 Å². The lowest BCUT2D eigenvalue weighted by atomic mass is 10.2. The molecule has 1 aromatic heterocycles. The summed E-state index contributed by atoms with van der Waals surface area (Å²) in [6, 6.07) is 13.1. The fourth-order valence-corrected chi connectivity index (χ4v) is 2.12. The van der Waals surface area contributed by atoms with Gasteiger partial charge in [-0.15, -0.1) is 0 Å². The zero-order valence-electron chi connectivity index (χ0n) is 9.96. The van der Waals surface area contributed by atoms with Crippen molar-refractivity contribution < 1.29 is 5.11 Å². The first kappa shape index (κ1) is 10.7. The molecule has 3 N–H and O–H groups in total. The lowest BCUT2D eigenvalue weighted by Gasteiger charge is -2.09. The summed E-state index contributed by atoms with van der Waals surface area (Å²) in [7, 11) is 0. The second kappa shape index (κ2) is 3.77. The van der Waals surface area contributed by atoms with E-state index in [-0.39, 0.29) is 5.75 Å². The van der Waals surface area contributed by atoms with Crippen LogP contribution in [-0.2, 0) is 0 Å². The Morgan fingerprint density at radius 2 is 1.94 bits per heavy atom. The maximum absolute atomic E-state index is 10.0. The maximum Gasteiger partial charge on any atom is 0.206 e. The number of fused-ring (bicyclic) bond motifs is 1. The fraction of sp³-hybridized carbons (Fsp3) is 0.0714. The first-order valence-corrected chi connectivity index (χ1v) is 5.70. The van der Waals surface area contributed by atoms with Crippen LogP contribution in [0.15, 0.2) is 42.5 Å². The average Bonchev–Trinajstić information content (AvgIpc) is 2.66. The minimum atomic E-state index is 0.199. The highest BCUT2D eigenvalue weighted by molar-refractivity contribution is 5.81. The van der Waals surface area contributed by atoms with E-state index in [2.05, 4.69) is 4.98 Å². The van der Waals surface area contributed by atoms with Crippen molar-refractivity contribution in [3.05, 3.63) is 48.0 Å². The molecule has 0 aliphatic carbocycles. The summed E-state index contributed by atoms with van der Waals surface area (Å²) < 4.78 is 1.75. The quantitative estimate of drug-likeness (QED) is 0.686. The third kappa shape index (κ3) is 1.50. The Hall–Kier alpha value is -2.49. The van der Waals surface area contributed by atoms with E-state index in [1.165, 1.54) is 0 Å². The highest BCUT2D eigenvalue weighted by atomic mass is 16.3. The van der Waals surface area contributed by atoms with E-state index in [1.807, 2.05) is 43.3 Å². The van der Waals surface area contributed by atoms with Crippen molar-refractivity contribution in [3.8, 4) is 11.4 Å². The van der Waals surface area contributed by atoms with Crippen LogP contribution >= 0.6 is 0 Å². The molecule has 0 atom stereocenters. The normalized spacial score (nSPS) is 10.9. The van der Waals surface area contributed by atoms with Gasteiger partial charge in [0, 0.05) is 0 Å². The monoisotopic (exact) mass is 239 g/mol. The lowest BCUT2D eigenvalue weighted by Crippen LogP contribution is -2.00. The summed E-state index contributed by atoms with van der Waals surface area (Å²) in [4.78, 5) is 4.28. The molecule has 0 fully saturated rings. The molecule has 3 rings (SSSR count). The van der Waals surface area contributed by atoms with Gasteiger partial charge in [-0.1, -0.05) is 18.2 Å². The van der Waals surface area contributed by atoms with Crippen LogP contribution in [0.2, 0.25) is 0 Å². The number of imidazole rings is 1. The van der Waals surface area contributed by atoms with Crippen molar-refractivity contribution in [1.82, 2.24) is 9.55 Å². The third-order valence-corrected chi connectivity index (χ3v) is 2.96. The number of hydrogen-bond acceptors (Lipinski definition) is 3. The van der Waals surface area contributed by atoms with Gasteiger partial charge in [0.1, 0.15) is 5.75 Å². The van der Waals surface area contributed by atoms with Crippen LogP contribution in [0.1, 0.15) is 5.56 Å². The minimum Gasteiger partial charge on any atom is -0.506 e. The molecule has 0 bridgehead atoms. The van der Waals surface area contributed by atoms with Crippen molar-refractivity contribution in [2.45, 2.75) is 6.92 Å². The number of aromatic hydroxyl groups is 1. The molecule has 0 unspecified atom stereocenters. The largest absolute Gasteiger partial charge is 0.506 e. The molecule has 0 saturated heterocycles. The van der Waals surface area contributed by atoms with Gasteiger partial charge in [-0.25, -0.2) is 4.98 Å². The SMILES string of the molecule is Cc1ccc(-n2c(N)nc3ccccc32)c(O)c1. The van der Waals surface area contributed by atoms with E-state index < -0.39 is 0 Å². The van der Waals surface area contributed by atoms with Gasteiger partial charge >= 0.3 is 0 Å². The van der Waals surface area contributed by atoms with Gasteiger partial charge in [-0.3, -0.25) is 4.57 Å². The number of hydrogen-bond donors (Lipinski definition) is 2. The number of benzene rings is 2. The predicted octanol–water partition coefficient (Wildman–Crippen LogP) is 2.62. The zero-order valence-corrected chi connectivity index (χ0v) is 9.96. The van der Waals surface area contributed by atoms with E-state index in [4.69, 9.17) is 5.73 Å². The average molecular weight is 239 g/mol. The van der Waals surface area contributed by atoms with Crippen molar-refractivity contribution in [1.29, 1.82) is 0 Å². The first-order valence-electron chi connectivity index (χ1n) is 5.70. The number of phenolic OH excluding ortho intramolecular Hbond substituents is 1. The van der Waals surface area contributed by atoms with Crippen LogP contribution in [-0.4, -0.2) is 14.7 Å². The second-order valence-electron chi connectivity index (χ2n) is 4.29. The molecule has 18 heavy (non-hydrogen) atoms. The Morgan fingerprint density at radius 3 is 2.72 bits per heavy atom. The number of phenols is 1. The first-order chi connectivity index (χ1) is 8.66. The minimum absolute atomic E-state index is 0.199. The number of aromatic nitrogens is 2. The summed E-state index contributed by atoms with van der Waals surface area (Å²) in [6.07, 6.45) is 0. The third-order valence-electron chi connectivity index (χ3n) is 2.96. The van der Waals surface area contributed by atoms with Crippen molar-refractivity contribution >= 4 is 17.0 Å². The second-order valence-corrected chi connectivity index (χ2v) is 4.29. The molecule has 0 radical (unpaired) electrons. The van der Waals surface area contributed by atoms with Crippen molar-refractivity contribution in [3.63, 3.8) is 0 Å². The molecule has 1 heterocycles. The highest BCUT2D eigenvalue weighted by Gasteiger charge is 2.12. The van der Waals surface area contributed by atoms with Crippen LogP contribution in [0.3, 0.4) is 0 Å². The highest BCUT2D eigenvalue weighted by Crippen LogP contribution is 2.29. The van der Waals surface area contributed by atoms with E-state index in [9.17, 15) is 5.11 Å². The molecule has 0 aliphatic rings. The number of para-hydroxylation sites is 2.